The predicted octanol–water partition coefficient (Wildman–Crippen LogP) is -0.446. The van der Waals surface area contributed by atoms with Gasteiger partial charge in [0.05, 0.1) is 23.9 Å². The molecule has 1 N–H and O–H groups in total. The van der Waals surface area contributed by atoms with E-state index in [1.165, 1.54) is 24.7 Å². The highest BCUT2D eigenvalue weighted by atomic mass is 16.4. The van der Waals surface area contributed by atoms with Crippen LogP contribution in [0.25, 0.3) is 0 Å². The molecular formula is C12H9N5O4. The molecule has 0 spiro atoms. The summed E-state index contributed by atoms with van der Waals surface area (Å²) in [5.74, 6) is -1.93. The molecule has 0 fully saturated rings. The molecule has 0 saturated carbocycles. The number of hydrogen-bond donors (Lipinski definition) is 1. The number of aromatic nitrogens is 4. The minimum atomic E-state index is -1.06. The number of imide groups is 1. The Bertz CT molecular complexity index is 719. The minimum Gasteiger partial charge on any atom is -0.480 e. The van der Waals surface area contributed by atoms with E-state index in [0.717, 1.165) is 9.58 Å². The fraction of sp³-hybridized carbons (Fsp3) is 0.167. The average molecular weight is 287 g/mol. The van der Waals surface area contributed by atoms with Crippen molar-refractivity contribution in [1.82, 2.24) is 24.9 Å². The third-order valence-corrected chi connectivity index (χ3v) is 2.98. The normalized spacial score (nSPS) is 13.6. The Morgan fingerprint density at radius 2 is 2.00 bits per heavy atom. The summed E-state index contributed by atoms with van der Waals surface area (Å²) < 4.78 is 1.12. The Hall–Kier alpha value is -3.10. The third kappa shape index (κ3) is 2.24. The van der Waals surface area contributed by atoms with E-state index in [-0.39, 0.29) is 18.7 Å². The molecule has 3 rings (SSSR count). The first-order valence-electron chi connectivity index (χ1n) is 5.97. The molecule has 1 aliphatic heterocycles. The zero-order valence-corrected chi connectivity index (χ0v) is 10.6. The van der Waals surface area contributed by atoms with Gasteiger partial charge in [0.2, 0.25) is 0 Å². The Labute approximate surface area is 117 Å². The van der Waals surface area contributed by atoms with Gasteiger partial charge in [-0.3, -0.25) is 24.3 Å². The lowest BCUT2D eigenvalue weighted by molar-refractivity contribution is -0.137. The van der Waals surface area contributed by atoms with Crippen molar-refractivity contribution in [2.24, 2.45) is 0 Å². The molecule has 2 amide bonds. The van der Waals surface area contributed by atoms with Gasteiger partial charge < -0.3 is 5.11 Å². The second-order valence-corrected chi connectivity index (χ2v) is 4.42. The van der Waals surface area contributed by atoms with Gasteiger partial charge in [0.25, 0.3) is 11.8 Å². The van der Waals surface area contributed by atoms with Crippen molar-refractivity contribution in [3.8, 4) is 0 Å². The molecule has 0 radical (unpaired) electrons. The number of amides is 2. The number of carbonyl (C=O) groups is 3. The molecule has 0 aromatic carbocycles. The van der Waals surface area contributed by atoms with Crippen molar-refractivity contribution >= 4 is 17.8 Å². The van der Waals surface area contributed by atoms with Crippen LogP contribution >= 0.6 is 0 Å². The first-order valence-corrected chi connectivity index (χ1v) is 5.97. The molecule has 21 heavy (non-hydrogen) atoms. The summed E-state index contributed by atoms with van der Waals surface area (Å²) in [5, 5.41) is 16.0. The molecular weight excluding hydrogens is 278 g/mol. The van der Waals surface area contributed by atoms with Crippen molar-refractivity contribution in [3.05, 3.63) is 41.5 Å². The standard InChI is InChI=1S/C12H9N5O4/c18-10(19)6-16-4-7(14-15-16)5-17-11(20)8-1-2-13-3-9(8)12(17)21/h1-4H,5-6H2,(H,18,19). The number of carboxylic acids is 1. The average Bonchev–Trinajstić information content (AvgIpc) is 2.98. The van der Waals surface area contributed by atoms with Crippen molar-refractivity contribution < 1.29 is 19.5 Å². The van der Waals surface area contributed by atoms with E-state index in [4.69, 9.17) is 5.11 Å². The largest absolute Gasteiger partial charge is 0.480 e. The van der Waals surface area contributed by atoms with Gasteiger partial charge in [0.15, 0.2) is 0 Å². The van der Waals surface area contributed by atoms with Crippen LogP contribution in [0.15, 0.2) is 24.7 Å². The maximum absolute atomic E-state index is 12.1. The van der Waals surface area contributed by atoms with Crippen LogP contribution in [-0.4, -0.2) is 47.8 Å². The van der Waals surface area contributed by atoms with Crippen molar-refractivity contribution in [1.29, 1.82) is 0 Å². The number of fused-ring (bicyclic) bond motifs is 1. The van der Waals surface area contributed by atoms with Crippen LogP contribution in [0.5, 0.6) is 0 Å². The summed E-state index contributed by atoms with van der Waals surface area (Å²) in [4.78, 5) is 39.6. The van der Waals surface area contributed by atoms with Gasteiger partial charge in [-0.05, 0) is 6.07 Å². The van der Waals surface area contributed by atoms with Crippen LogP contribution in [-0.2, 0) is 17.9 Å². The maximum atomic E-state index is 12.1. The highest BCUT2D eigenvalue weighted by Crippen LogP contribution is 2.22. The molecule has 2 aromatic rings. The van der Waals surface area contributed by atoms with Gasteiger partial charge >= 0.3 is 5.97 Å². The Kier molecular flexibility index (Phi) is 2.94. The molecule has 0 saturated heterocycles. The molecule has 3 heterocycles. The summed E-state index contributed by atoms with van der Waals surface area (Å²) >= 11 is 0. The smallest absolute Gasteiger partial charge is 0.325 e. The summed E-state index contributed by atoms with van der Waals surface area (Å²) in [5.41, 5.74) is 0.882. The van der Waals surface area contributed by atoms with Gasteiger partial charge in [-0.2, -0.15) is 0 Å². The second-order valence-electron chi connectivity index (χ2n) is 4.42. The van der Waals surface area contributed by atoms with Crippen molar-refractivity contribution in [2.45, 2.75) is 13.1 Å². The summed E-state index contributed by atoms with van der Waals surface area (Å²) in [6, 6.07) is 1.48. The Balaban J connectivity index is 1.80. The summed E-state index contributed by atoms with van der Waals surface area (Å²) in [6.07, 6.45) is 4.17. The van der Waals surface area contributed by atoms with Crippen LogP contribution in [0.4, 0.5) is 0 Å². The summed E-state index contributed by atoms with van der Waals surface area (Å²) in [6.45, 7) is -0.398. The number of carboxylic acid groups (broad SMARTS) is 1. The molecule has 1 aliphatic rings. The van der Waals surface area contributed by atoms with E-state index >= 15 is 0 Å². The first-order chi connectivity index (χ1) is 10.1. The number of aliphatic carboxylic acids is 1. The zero-order valence-electron chi connectivity index (χ0n) is 10.6. The quantitative estimate of drug-likeness (QED) is 0.757. The monoisotopic (exact) mass is 287 g/mol. The Morgan fingerprint density at radius 3 is 2.71 bits per heavy atom. The molecule has 9 nitrogen and oxygen atoms in total. The van der Waals surface area contributed by atoms with Crippen LogP contribution < -0.4 is 0 Å². The maximum Gasteiger partial charge on any atom is 0.325 e. The fourth-order valence-electron chi connectivity index (χ4n) is 2.07. The van der Waals surface area contributed by atoms with Crippen LogP contribution in [0, 0.1) is 0 Å². The zero-order chi connectivity index (χ0) is 15.0. The van der Waals surface area contributed by atoms with Gasteiger partial charge in [0.1, 0.15) is 12.2 Å². The van der Waals surface area contributed by atoms with E-state index in [2.05, 4.69) is 15.3 Å². The van der Waals surface area contributed by atoms with Gasteiger partial charge in [-0.1, -0.05) is 5.21 Å². The highest BCUT2D eigenvalue weighted by molar-refractivity contribution is 6.21. The van der Waals surface area contributed by atoms with Crippen molar-refractivity contribution in [2.75, 3.05) is 0 Å². The molecule has 106 valence electrons. The van der Waals surface area contributed by atoms with Crippen LogP contribution in [0.3, 0.4) is 0 Å². The number of nitrogens with zero attached hydrogens (tertiary/aromatic N) is 5. The molecule has 0 atom stereocenters. The molecule has 0 unspecified atom stereocenters. The topological polar surface area (TPSA) is 118 Å². The second kappa shape index (κ2) is 4.78. The lowest BCUT2D eigenvalue weighted by atomic mass is 10.2. The SMILES string of the molecule is O=C(O)Cn1cc(CN2C(=O)c3ccncc3C2=O)nn1. The number of hydrogen-bond acceptors (Lipinski definition) is 6. The van der Waals surface area contributed by atoms with E-state index in [1.807, 2.05) is 0 Å². The van der Waals surface area contributed by atoms with Crippen molar-refractivity contribution in [3.63, 3.8) is 0 Å². The number of rotatable bonds is 4. The lowest BCUT2D eigenvalue weighted by Crippen LogP contribution is -2.29. The summed E-state index contributed by atoms with van der Waals surface area (Å²) in [7, 11) is 0. The first kappa shape index (κ1) is 12.9. The highest BCUT2D eigenvalue weighted by Gasteiger charge is 2.35. The molecule has 2 aromatic heterocycles. The molecule has 0 aliphatic carbocycles. The van der Waals surface area contributed by atoms with E-state index in [9.17, 15) is 14.4 Å². The van der Waals surface area contributed by atoms with Gasteiger partial charge in [-0.15, -0.1) is 5.10 Å². The fourth-order valence-corrected chi connectivity index (χ4v) is 2.07. The molecule has 9 heteroatoms. The van der Waals surface area contributed by atoms with Gasteiger partial charge in [0, 0.05) is 12.4 Å². The number of pyridine rings is 1. The lowest BCUT2D eigenvalue weighted by Gasteiger charge is -2.10. The number of carbonyl (C=O) groups excluding carboxylic acids is 2. The minimum absolute atomic E-state index is 0.0635. The van der Waals surface area contributed by atoms with Gasteiger partial charge in [-0.25, -0.2) is 4.68 Å². The predicted molar refractivity (Wildman–Crippen MR) is 66.1 cm³/mol. The molecule has 0 bridgehead atoms. The third-order valence-electron chi connectivity index (χ3n) is 2.98. The Morgan fingerprint density at radius 1 is 1.24 bits per heavy atom. The van der Waals surface area contributed by atoms with E-state index < -0.39 is 17.8 Å². The van der Waals surface area contributed by atoms with E-state index in [0.29, 0.717) is 11.3 Å². The van der Waals surface area contributed by atoms with Crippen LogP contribution in [0.1, 0.15) is 26.4 Å². The van der Waals surface area contributed by atoms with Crippen LogP contribution in [0.2, 0.25) is 0 Å². The van der Waals surface area contributed by atoms with E-state index in [1.54, 1.807) is 0 Å².